The number of benzene rings is 2. The van der Waals surface area contributed by atoms with Gasteiger partial charge in [0.2, 0.25) is 5.91 Å². The first-order chi connectivity index (χ1) is 16.0. The first kappa shape index (κ1) is 23.0. The molecule has 2 aliphatic rings. The molecule has 2 heterocycles. The summed E-state index contributed by atoms with van der Waals surface area (Å²) >= 11 is 0. The summed E-state index contributed by atoms with van der Waals surface area (Å²) in [5.41, 5.74) is 1.48. The third-order valence-electron chi connectivity index (χ3n) is 6.77. The Balaban J connectivity index is 1.66. The fourth-order valence-corrected chi connectivity index (χ4v) is 4.93. The van der Waals surface area contributed by atoms with E-state index in [1.54, 1.807) is 50.5 Å². The van der Waals surface area contributed by atoms with Crippen molar-refractivity contribution in [1.82, 2.24) is 9.80 Å². The molecule has 7 nitrogen and oxygen atoms in total. The molecule has 0 N–H and O–H groups in total. The van der Waals surface area contributed by atoms with Crippen LogP contribution in [0.4, 0.5) is 0 Å². The van der Waals surface area contributed by atoms with Gasteiger partial charge in [-0.15, -0.1) is 0 Å². The van der Waals surface area contributed by atoms with Gasteiger partial charge in [-0.05, 0) is 61.7 Å². The number of hydrogen-bond donors (Lipinski definition) is 0. The summed E-state index contributed by atoms with van der Waals surface area (Å²) in [5.74, 6) is 1.64. The van der Waals surface area contributed by atoms with Gasteiger partial charge in [-0.1, -0.05) is 0 Å². The molecule has 33 heavy (non-hydrogen) atoms. The number of ether oxygens (including phenoxy) is 3. The van der Waals surface area contributed by atoms with Crippen molar-refractivity contribution in [2.75, 3.05) is 47.5 Å². The summed E-state index contributed by atoms with van der Waals surface area (Å²) in [7, 11) is 4.85. The van der Waals surface area contributed by atoms with E-state index in [-0.39, 0.29) is 23.7 Å². The second kappa shape index (κ2) is 10.1. The Kier molecular flexibility index (Phi) is 7.06. The monoisotopic (exact) mass is 452 g/mol. The Morgan fingerprint density at radius 2 is 1.45 bits per heavy atom. The summed E-state index contributed by atoms with van der Waals surface area (Å²) < 4.78 is 16.3. The topological polar surface area (TPSA) is 68.3 Å². The standard InChI is InChI=1S/C26H32N2O5/c1-31-19-9-7-18(8-10-19)25(29)28-16-22(21-15-20(32-2)11-12-24(21)33-3)23(17-28)26(30)27-13-5-4-6-14-27/h7-12,15,22-23H,4-6,13-14,16-17H2,1-3H3/t22-,23+/m1/s1. The minimum atomic E-state index is -0.327. The lowest BCUT2D eigenvalue weighted by molar-refractivity contribution is -0.136. The molecule has 2 aromatic carbocycles. The van der Waals surface area contributed by atoms with Gasteiger partial charge < -0.3 is 24.0 Å². The van der Waals surface area contributed by atoms with Crippen molar-refractivity contribution in [3.8, 4) is 17.2 Å². The van der Waals surface area contributed by atoms with Crippen molar-refractivity contribution >= 4 is 11.8 Å². The number of likely N-dealkylation sites (tertiary alicyclic amines) is 2. The number of carbonyl (C=O) groups is 2. The van der Waals surface area contributed by atoms with Crippen LogP contribution in [0.1, 0.15) is 41.1 Å². The van der Waals surface area contributed by atoms with E-state index in [1.807, 2.05) is 23.1 Å². The molecular formula is C26H32N2O5. The Labute approximate surface area is 195 Å². The Morgan fingerprint density at radius 1 is 0.788 bits per heavy atom. The van der Waals surface area contributed by atoms with Gasteiger partial charge in [-0.3, -0.25) is 9.59 Å². The van der Waals surface area contributed by atoms with Crippen molar-refractivity contribution in [3.63, 3.8) is 0 Å². The van der Waals surface area contributed by atoms with E-state index in [1.165, 1.54) is 0 Å². The van der Waals surface area contributed by atoms with Crippen LogP contribution < -0.4 is 14.2 Å². The highest BCUT2D eigenvalue weighted by Gasteiger charge is 2.43. The molecule has 0 saturated carbocycles. The van der Waals surface area contributed by atoms with Crippen LogP contribution >= 0.6 is 0 Å². The number of piperidine rings is 1. The molecule has 0 radical (unpaired) electrons. The molecule has 0 aromatic heterocycles. The van der Waals surface area contributed by atoms with E-state index in [4.69, 9.17) is 14.2 Å². The first-order valence-electron chi connectivity index (χ1n) is 11.5. The quantitative estimate of drug-likeness (QED) is 0.670. The van der Waals surface area contributed by atoms with Crippen molar-refractivity contribution < 1.29 is 23.8 Å². The smallest absolute Gasteiger partial charge is 0.253 e. The Morgan fingerprint density at radius 3 is 2.09 bits per heavy atom. The molecule has 2 aromatic rings. The van der Waals surface area contributed by atoms with Crippen LogP contribution in [0.2, 0.25) is 0 Å². The van der Waals surface area contributed by atoms with Gasteiger partial charge in [0.25, 0.3) is 5.91 Å². The first-order valence-corrected chi connectivity index (χ1v) is 11.5. The summed E-state index contributed by atoms with van der Waals surface area (Å²) in [6.45, 7) is 2.39. The van der Waals surface area contributed by atoms with Crippen LogP contribution in [-0.2, 0) is 4.79 Å². The molecule has 2 amide bonds. The van der Waals surface area contributed by atoms with E-state index in [9.17, 15) is 9.59 Å². The van der Waals surface area contributed by atoms with Gasteiger partial charge in [0, 0.05) is 43.2 Å². The largest absolute Gasteiger partial charge is 0.497 e. The molecule has 0 spiro atoms. The summed E-state index contributed by atoms with van der Waals surface area (Å²) in [6.07, 6.45) is 3.21. The normalized spacial score (nSPS) is 20.5. The fourth-order valence-electron chi connectivity index (χ4n) is 4.93. The van der Waals surface area contributed by atoms with Gasteiger partial charge in [-0.25, -0.2) is 0 Å². The number of nitrogens with zero attached hydrogens (tertiary/aromatic N) is 2. The van der Waals surface area contributed by atoms with E-state index in [0.29, 0.717) is 35.9 Å². The summed E-state index contributed by atoms with van der Waals surface area (Å²) in [4.78, 5) is 30.7. The Bertz CT molecular complexity index is 985. The molecular weight excluding hydrogens is 420 g/mol. The van der Waals surface area contributed by atoms with Crippen molar-refractivity contribution in [2.45, 2.75) is 25.2 Å². The third kappa shape index (κ3) is 4.77. The molecule has 0 bridgehead atoms. The number of hydrogen-bond acceptors (Lipinski definition) is 5. The van der Waals surface area contributed by atoms with Crippen LogP contribution in [0.3, 0.4) is 0 Å². The van der Waals surface area contributed by atoms with E-state index < -0.39 is 0 Å². The fraction of sp³-hybridized carbons (Fsp3) is 0.462. The maximum absolute atomic E-state index is 13.6. The number of carbonyl (C=O) groups excluding carboxylic acids is 2. The van der Waals surface area contributed by atoms with Crippen LogP contribution in [0.15, 0.2) is 42.5 Å². The lowest BCUT2D eigenvalue weighted by Gasteiger charge is -2.31. The zero-order chi connectivity index (χ0) is 23.4. The number of methoxy groups -OCH3 is 3. The van der Waals surface area contributed by atoms with Gasteiger partial charge in [0.1, 0.15) is 17.2 Å². The van der Waals surface area contributed by atoms with Gasteiger partial charge in [-0.2, -0.15) is 0 Å². The highest BCUT2D eigenvalue weighted by molar-refractivity contribution is 5.95. The van der Waals surface area contributed by atoms with Crippen molar-refractivity contribution in [1.29, 1.82) is 0 Å². The average molecular weight is 453 g/mol. The molecule has 176 valence electrons. The second-order valence-electron chi connectivity index (χ2n) is 8.65. The predicted octanol–water partition coefficient (Wildman–Crippen LogP) is 3.58. The SMILES string of the molecule is COc1ccc(C(=O)N2C[C@H](C(=O)N3CCCCC3)[C@@H](c3cc(OC)ccc3OC)C2)cc1. The highest BCUT2D eigenvalue weighted by atomic mass is 16.5. The zero-order valence-corrected chi connectivity index (χ0v) is 19.6. The summed E-state index contributed by atoms with van der Waals surface area (Å²) in [5, 5.41) is 0. The minimum absolute atomic E-state index is 0.0848. The van der Waals surface area contributed by atoms with Crippen LogP contribution in [0, 0.1) is 5.92 Å². The zero-order valence-electron chi connectivity index (χ0n) is 19.6. The van der Waals surface area contributed by atoms with Gasteiger partial charge >= 0.3 is 0 Å². The molecule has 2 atom stereocenters. The van der Waals surface area contributed by atoms with E-state index in [2.05, 4.69) is 0 Å². The van der Waals surface area contributed by atoms with Crippen molar-refractivity contribution in [3.05, 3.63) is 53.6 Å². The Hall–Kier alpha value is -3.22. The second-order valence-corrected chi connectivity index (χ2v) is 8.65. The lowest BCUT2D eigenvalue weighted by Crippen LogP contribution is -2.42. The average Bonchev–Trinajstić information content (AvgIpc) is 3.33. The maximum Gasteiger partial charge on any atom is 0.253 e. The molecule has 0 aliphatic carbocycles. The highest BCUT2D eigenvalue weighted by Crippen LogP contribution is 2.41. The third-order valence-corrected chi connectivity index (χ3v) is 6.77. The number of amides is 2. The minimum Gasteiger partial charge on any atom is -0.497 e. The van der Waals surface area contributed by atoms with E-state index >= 15 is 0 Å². The van der Waals surface area contributed by atoms with E-state index in [0.717, 1.165) is 37.9 Å². The van der Waals surface area contributed by atoms with Crippen LogP contribution in [-0.4, -0.2) is 69.1 Å². The predicted molar refractivity (Wildman–Crippen MR) is 125 cm³/mol. The van der Waals surface area contributed by atoms with Crippen LogP contribution in [0.5, 0.6) is 17.2 Å². The summed E-state index contributed by atoms with van der Waals surface area (Å²) in [6, 6.07) is 12.7. The van der Waals surface area contributed by atoms with Crippen LogP contribution in [0.25, 0.3) is 0 Å². The molecule has 0 unspecified atom stereocenters. The molecule has 2 saturated heterocycles. The molecule has 4 rings (SSSR count). The number of rotatable bonds is 6. The molecule has 2 fully saturated rings. The van der Waals surface area contributed by atoms with Gasteiger partial charge in [0.05, 0.1) is 27.2 Å². The van der Waals surface area contributed by atoms with Gasteiger partial charge in [0.15, 0.2) is 0 Å². The molecule has 7 heteroatoms. The lowest BCUT2D eigenvalue weighted by atomic mass is 9.86. The van der Waals surface area contributed by atoms with Crippen molar-refractivity contribution in [2.24, 2.45) is 5.92 Å². The molecule has 2 aliphatic heterocycles. The maximum atomic E-state index is 13.6.